The predicted molar refractivity (Wildman–Crippen MR) is 116 cm³/mol. The summed E-state index contributed by atoms with van der Waals surface area (Å²) in [7, 11) is 0. The molecule has 29 heavy (non-hydrogen) atoms. The highest BCUT2D eigenvalue weighted by Crippen LogP contribution is 2.26. The number of likely N-dealkylation sites (tertiary alicyclic amines) is 1. The van der Waals surface area contributed by atoms with Crippen LogP contribution in [-0.4, -0.2) is 44.3 Å². The first kappa shape index (κ1) is 19.6. The molecule has 2 N–H and O–H groups in total. The fourth-order valence-corrected chi connectivity index (χ4v) is 3.99. The maximum atomic E-state index is 12.5. The van der Waals surface area contributed by atoms with Crippen LogP contribution in [0.15, 0.2) is 35.3 Å². The standard InChI is InChI=1S/C22H30N6O/c1-15-7-9-16(10-8-15)18(27-11-5-6-12-27)14-23-21-25-19-17(20(29)26-21)13-24-28(19)22(2,3)4/h7-10,13,18H,5-6,11-12,14H2,1-4H3,(H2,23,25,26,29). The molecule has 3 heterocycles. The third kappa shape index (κ3) is 4.05. The number of H-pyrrole nitrogens is 1. The van der Waals surface area contributed by atoms with Crippen molar-refractivity contribution in [3.63, 3.8) is 0 Å². The monoisotopic (exact) mass is 394 g/mol. The van der Waals surface area contributed by atoms with Gasteiger partial charge in [-0.2, -0.15) is 10.1 Å². The third-order valence-corrected chi connectivity index (χ3v) is 5.58. The number of hydrogen-bond donors (Lipinski definition) is 2. The van der Waals surface area contributed by atoms with Crippen LogP contribution >= 0.6 is 0 Å². The van der Waals surface area contributed by atoms with E-state index in [9.17, 15) is 4.79 Å². The quantitative estimate of drug-likeness (QED) is 0.693. The Morgan fingerprint density at radius 3 is 2.52 bits per heavy atom. The molecule has 0 aliphatic carbocycles. The molecule has 0 radical (unpaired) electrons. The van der Waals surface area contributed by atoms with E-state index in [4.69, 9.17) is 0 Å². The van der Waals surface area contributed by atoms with Gasteiger partial charge in [0.15, 0.2) is 5.65 Å². The highest BCUT2D eigenvalue weighted by Gasteiger charge is 2.24. The molecule has 1 fully saturated rings. The zero-order valence-corrected chi connectivity index (χ0v) is 17.7. The summed E-state index contributed by atoms with van der Waals surface area (Å²) in [5.74, 6) is 0.491. The van der Waals surface area contributed by atoms with Crippen LogP contribution in [0.3, 0.4) is 0 Å². The number of benzene rings is 1. The van der Waals surface area contributed by atoms with E-state index in [-0.39, 0.29) is 17.1 Å². The molecule has 2 aromatic heterocycles. The largest absolute Gasteiger partial charge is 0.354 e. The molecular formula is C22H30N6O. The molecule has 1 unspecified atom stereocenters. The first-order chi connectivity index (χ1) is 13.8. The first-order valence-corrected chi connectivity index (χ1v) is 10.4. The number of aromatic amines is 1. The summed E-state index contributed by atoms with van der Waals surface area (Å²) in [6.07, 6.45) is 4.05. The Morgan fingerprint density at radius 1 is 1.17 bits per heavy atom. The second-order valence-electron chi connectivity index (χ2n) is 8.93. The van der Waals surface area contributed by atoms with Gasteiger partial charge in [0, 0.05) is 6.54 Å². The fourth-order valence-electron chi connectivity index (χ4n) is 3.99. The van der Waals surface area contributed by atoms with Crippen molar-refractivity contribution in [2.75, 3.05) is 25.0 Å². The lowest BCUT2D eigenvalue weighted by molar-refractivity contribution is 0.255. The zero-order valence-electron chi connectivity index (χ0n) is 17.7. The minimum atomic E-state index is -0.250. The molecular weight excluding hydrogens is 364 g/mol. The number of nitrogens with zero attached hydrogens (tertiary/aromatic N) is 4. The van der Waals surface area contributed by atoms with Crippen molar-refractivity contribution < 1.29 is 0 Å². The molecule has 4 rings (SSSR count). The number of rotatable bonds is 5. The van der Waals surface area contributed by atoms with Gasteiger partial charge in [0.2, 0.25) is 5.95 Å². The summed E-state index contributed by atoms with van der Waals surface area (Å²) in [4.78, 5) is 22.6. The molecule has 7 nitrogen and oxygen atoms in total. The van der Waals surface area contributed by atoms with Crippen LogP contribution in [0.25, 0.3) is 11.0 Å². The number of nitrogens with one attached hydrogen (secondary N) is 2. The van der Waals surface area contributed by atoms with E-state index in [0.29, 0.717) is 23.5 Å². The molecule has 3 aromatic rings. The third-order valence-electron chi connectivity index (χ3n) is 5.58. The highest BCUT2D eigenvalue weighted by molar-refractivity contribution is 5.74. The van der Waals surface area contributed by atoms with Gasteiger partial charge in [0.25, 0.3) is 5.56 Å². The van der Waals surface area contributed by atoms with Crippen LogP contribution in [0, 0.1) is 6.92 Å². The van der Waals surface area contributed by atoms with Crippen LogP contribution in [-0.2, 0) is 5.54 Å². The average Bonchev–Trinajstić information content (AvgIpc) is 3.33. The second kappa shape index (κ2) is 7.63. The van der Waals surface area contributed by atoms with Crippen molar-refractivity contribution in [3.05, 3.63) is 51.9 Å². The molecule has 1 aliphatic rings. The van der Waals surface area contributed by atoms with Gasteiger partial charge in [0.05, 0.1) is 17.8 Å². The molecule has 154 valence electrons. The van der Waals surface area contributed by atoms with Crippen LogP contribution in [0.2, 0.25) is 0 Å². The molecule has 1 aromatic carbocycles. The minimum absolute atomic E-state index is 0.166. The zero-order chi connectivity index (χ0) is 20.6. The summed E-state index contributed by atoms with van der Waals surface area (Å²) >= 11 is 0. The van der Waals surface area contributed by atoms with Crippen LogP contribution in [0.5, 0.6) is 0 Å². The Morgan fingerprint density at radius 2 is 1.86 bits per heavy atom. The Balaban J connectivity index is 1.62. The molecule has 0 bridgehead atoms. The summed E-state index contributed by atoms with van der Waals surface area (Å²) in [5, 5.41) is 8.28. The van der Waals surface area contributed by atoms with Crippen LogP contribution in [0.4, 0.5) is 5.95 Å². The number of fused-ring (bicyclic) bond motifs is 1. The minimum Gasteiger partial charge on any atom is -0.354 e. The lowest BCUT2D eigenvalue weighted by atomic mass is 10.0. The normalized spacial score (nSPS) is 16.4. The van der Waals surface area contributed by atoms with Gasteiger partial charge in [-0.3, -0.25) is 14.7 Å². The Kier molecular flexibility index (Phi) is 5.17. The summed E-state index contributed by atoms with van der Waals surface area (Å²) in [6.45, 7) is 11.1. The Bertz CT molecular complexity index is 1040. The van der Waals surface area contributed by atoms with E-state index in [2.05, 4.69) is 77.2 Å². The molecule has 7 heteroatoms. The summed E-state index contributed by atoms with van der Waals surface area (Å²) in [5.41, 5.74) is 2.74. The molecule has 1 saturated heterocycles. The van der Waals surface area contributed by atoms with Crippen molar-refractivity contribution in [1.29, 1.82) is 0 Å². The number of anilines is 1. The van der Waals surface area contributed by atoms with E-state index < -0.39 is 0 Å². The van der Waals surface area contributed by atoms with Crippen molar-refractivity contribution in [1.82, 2.24) is 24.6 Å². The fraction of sp³-hybridized carbons (Fsp3) is 0.500. The average molecular weight is 395 g/mol. The van der Waals surface area contributed by atoms with Crippen molar-refractivity contribution in [3.8, 4) is 0 Å². The van der Waals surface area contributed by atoms with Gasteiger partial charge < -0.3 is 5.32 Å². The molecule has 1 atom stereocenters. The SMILES string of the molecule is Cc1ccc(C(CNc2nc3c(cnn3C(C)(C)C)c(=O)[nH]2)N2CCCC2)cc1. The van der Waals surface area contributed by atoms with Crippen molar-refractivity contribution >= 4 is 17.0 Å². The topological polar surface area (TPSA) is 78.8 Å². The van der Waals surface area contributed by atoms with Gasteiger partial charge in [0.1, 0.15) is 5.39 Å². The molecule has 0 amide bonds. The maximum Gasteiger partial charge on any atom is 0.263 e. The molecule has 1 aliphatic heterocycles. The summed E-state index contributed by atoms with van der Waals surface area (Å²) in [6, 6.07) is 8.97. The van der Waals surface area contributed by atoms with Gasteiger partial charge >= 0.3 is 0 Å². The van der Waals surface area contributed by atoms with E-state index in [1.807, 2.05) is 0 Å². The van der Waals surface area contributed by atoms with E-state index >= 15 is 0 Å². The number of hydrogen-bond acceptors (Lipinski definition) is 5. The molecule has 0 spiro atoms. The van der Waals surface area contributed by atoms with Gasteiger partial charge in [-0.05, 0) is 59.2 Å². The second-order valence-corrected chi connectivity index (χ2v) is 8.93. The number of aryl methyl sites for hydroxylation is 1. The van der Waals surface area contributed by atoms with Gasteiger partial charge in [-0.15, -0.1) is 0 Å². The van der Waals surface area contributed by atoms with Crippen molar-refractivity contribution in [2.24, 2.45) is 0 Å². The van der Waals surface area contributed by atoms with E-state index in [1.54, 1.807) is 10.9 Å². The Labute approximate surface area is 171 Å². The Hall–Kier alpha value is -2.67. The number of aromatic nitrogens is 4. The summed E-state index contributed by atoms with van der Waals surface area (Å²) < 4.78 is 1.81. The highest BCUT2D eigenvalue weighted by atomic mass is 16.1. The van der Waals surface area contributed by atoms with Crippen molar-refractivity contribution in [2.45, 2.75) is 52.1 Å². The lowest BCUT2D eigenvalue weighted by Crippen LogP contribution is -2.31. The van der Waals surface area contributed by atoms with Crippen LogP contribution in [0.1, 0.15) is 50.8 Å². The van der Waals surface area contributed by atoms with E-state index in [0.717, 1.165) is 13.1 Å². The maximum absolute atomic E-state index is 12.5. The first-order valence-electron chi connectivity index (χ1n) is 10.4. The molecule has 0 saturated carbocycles. The smallest absolute Gasteiger partial charge is 0.263 e. The van der Waals surface area contributed by atoms with Gasteiger partial charge in [-0.1, -0.05) is 29.8 Å². The predicted octanol–water partition coefficient (Wildman–Crippen LogP) is 3.43. The lowest BCUT2D eigenvalue weighted by Gasteiger charge is -2.28. The van der Waals surface area contributed by atoms with E-state index in [1.165, 1.54) is 24.0 Å². The van der Waals surface area contributed by atoms with Crippen LogP contribution < -0.4 is 10.9 Å². The van der Waals surface area contributed by atoms with Gasteiger partial charge in [-0.25, -0.2) is 4.68 Å².